The molecule has 2 aromatic heterocycles. The van der Waals surface area contributed by atoms with Gasteiger partial charge in [0.2, 0.25) is 11.9 Å². The molecule has 1 saturated heterocycles. The second-order valence-electron chi connectivity index (χ2n) is 8.33. The number of hydrogen-bond donors (Lipinski definition) is 2. The molecular weight excluding hydrogens is 502 g/mol. The van der Waals surface area contributed by atoms with Gasteiger partial charge in [-0.2, -0.15) is 0 Å². The van der Waals surface area contributed by atoms with Crippen molar-refractivity contribution < 1.29 is 14.3 Å². The average Bonchev–Trinajstić information content (AvgIpc) is 3.56. The Balaban J connectivity index is 1.60. The smallest absolute Gasteiger partial charge is 0.302 e. The molecule has 34 heavy (non-hydrogen) atoms. The van der Waals surface area contributed by atoms with Crippen LogP contribution in [-0.2, 0) is 27.8 Å². The standard InChI is InChI=1S/C23H28BrN7O3/c1-4-17(15(11-34-14(2)32)9-16-10-25-13-30(16)3)22(33)31-8-7-26-23(31)29-18-5-6-19-21(20(18)24)28-12-27-19/h5-6,10,12-13,15,17H,4,7-9,11H2,1-3H3,(H,26,29)(H,27,28). The number of guanidine groups is 1. The number of nitrogens with one attached hydrogen (secondary N) is 2. The highest BCUT2D eigenvalue weighted by Gasteiger charge is 2.35. The Morgan fingerprint density at radius 1 is 1.35 bits per heavy atom. The van der Waals surface area contributed by atoms with E-state index in [9.17, 15) is 9.59 Å². The lowest BCUT2D eigenvalue weighted by molar-refractivity contribution is -0.145. The fourth-order valence-electron chi connectivity index (χ4n) is 4.26. The van der Waals surface area contributed by atoms with Crippen LogP contribution >= 0.6 is 15.9 Å². The maximum atomic E-state index is 13.7. The van der Waals surface area contributed by atoms with Gasteiger partial charge in [-0.3, -0.25) is 14.5 Å². The molecule has 1 aliphatic heterocycles. The molecule has 4 rings (SSSR count). The number of imidazole rings is 2. The number of halogens is 1. The number of H-pyrrole nitrogens is 1. The van der Waals surface area contributed by atoms with Crippen LogP contribution in [-0.4, -0.2) is 62.0 Å². The average molecular weight is 530 g/mol. The predicted octanol–water partition coefficient (Wildman–Crippen LogP) is 2.93. The Morgan fingerprint density at radius 3 is 2.88 bits per heavy atom. The molecule has 1 aliphatic rings. The molecule has 1 fully saturated rings. The highest BCUT2D eigenvalue weighted by Crippen LogP contribution is 2.32. The summed E-state index contributed by atoms with van der Waals surface area (Å²) in [6, 6.07) is 3.79. The minimum atomic E-state index is -0.360. The number of benzene rings is 1. The molecule has 0 aliphatic carbocycles. The zero-order chi connectivity index (χ0) is 24.2. The van der Waals surface area contributed by atoms with Crippen LogP contribution < -0.4 is 5.32 Å². The number of aromatic nitrogens is 4. The van der Waals surface area contributed by atoms with E-state index in [1.807, 2.05) is 30.7 Å². The monoisotopic (exact) mass is 529 g/mol. The number of fused-ring (bicyclic) bond motifs is 1. The van der Waals surface area contributed by atoms with Crippen molar-refractivity contribution in [2.45, 2.75) is 26.7 Å². The van der Waals surface area contributed by atoms with Gasteiger partial charge in [-0.05, 0) is 40.9 Å². The third kappa shape index (κ3) is 4.98. The molecule has 2 unspecified atom stereocenters. The maximum absolute atomic E-state index is 13.7. The predicted molar refractivity (Wildman–Crippen MR) is 131 cm³/mol. The Kier molecular flexibility index (Phi) is 7.30. The lowest BCUT2D eigenvalue weighted by atomic mass is 9.85. The third-order valence-corrected chi connectivity index (χ3v) is 6.87. The van der Waals surface area contributed by atoms with Crippen LogP contribution in [0, 0.1) is 11.8 Å². The summed E-state index contributed by atoms with van der Waals surface area (Å²) in [5.41, 5.74) is 3.34. The quantitative estimate of drug-likeness (QED) is 0.433. The number of esters is 1. The fourth-order valence-corrected chi connectivity index (χ4v) is 4.80. The van der Waals surface area contributed by atoms with Crippen LogP contribution in [0.1, 0.15) is 26.0 Å². The van der Waals surface area contributed by atoms with Crippen LogP contribution in [0.3, 0.4) is 0 Å². The van der Waals surface area contributed by atoms with Crippen molar-refractivity contribution in [2.75, 3.05) is 19.7 Å². The van der Waals surface area contributed by atoms with E-state index in [0.29, 0.717) is 37.6 Å². The van der Waals surface area contributed by atoms with Crippen molar-refractivity contribution in [2.24, 2.45) is 23.9 Å². The van der Waals surface area contributed by atoms with E-state index in [-0.39, 0.29) is 30.3 Å². The Bertz CT molecular complexity index is 1220. The molecule has 180 valence electrons. The summed E-state index contributed by atoms with van der Waals surface area (Å²) in [5.74, 6) is -0.434. The molecular formula is C23H28BrN7O3. The van der Waals surface area contributed by atoms with Crippen LogP contribution in [0.15, 0.2) is 40.4 Å². The van der Waals surface area contributed by atoms with Crippen molar-refractivity contribution in [1.29, 1.82) is 0 Å². The summed E-state index contributed by atoms with van der Waals surface area (Å²) >= 11 is 3.59. The molecule has 2 atom stereocenters. The van der Waals surface area contributed by atoms with Gasteiger partial charge in [-0.1, -0.05) is 6.92 Å². The van der Waals surface area contributed by atoms with Crippen molar-refractivity contribution in [3.63, 3.8) is 0 Å². The molecule has 10 nitrogen and oxygen atoms in total. The normalized spacial score (nSPS) is 16.6. The molecule has 0 radical (unpaired) electrons. The van der Waals surface area contributed by atoms with Crippen molar-refractivity contribution in [3.05, 3.63) is 41.2 Å². The van der Waals surface area contributed by atoms with E-state index in [1.165, 1.54) is 6.92 Å². The first-order valence-electron chi connectivity index (χ1n) is 11.2. The van der Waals surface area contributed by atoms with Gasteiger partial charge in [0.25, 0.3) is 0 Å². The number of rotatable bonds is 8. The zero-order valence-electron chi connectivity index (χ0n) is 19.4. The summed E-state index contributed by atoms with van der Waals surface area (Å²) in [4.78, 5) is 43.3. The van der Waals surface area contributed by atoms with E-state index in [0.717, 1.165) is 21.2 Å². The minimum absolute atomic E-state index is 0.0393. The van der Waals surface area contributed by atoms with Gasteiger partial charge in [0, 0.05) is 50.8 Å². The highest BCUT2D eigenvalue weighted by molar-refractivity contribution is 9.10. The van der Waals surface area contributed by atoms with Crippen molar-refractivity contribution in [3.8, 4) is 0 Å². The second-order valence-corrected chi connectivity index (χ2v) is 9.12. The van der Waals surface area contributed by atoms with E-state index >= 15 is 0 Å². The maximum Gasteiger partial charge on any atom is 0.302 e. The summed E-state index contributed by atoms with van der Waals surface area (Å²) < 4.78 is 8.04. The number of aliphatic imine (C=N–C) groups is 1. The lowest BCUT2D eigenvalue weighted by Crippen LogP contribution is -2.43. The lowest BCUT2D eigenvalue weighted by Gasteiger charge is -2.28. The first-order valence-corrected chi connectivity index (χ1v) is 12.0. The van der Waals surface area contributed by atoms with Gasteiger partial charge in [0.15, 0.2) is 0 Å². The van der Waals surface area contributed by atoms with E-state index in [1.54, 1.807) is 23.8 Å². The van der Waals surface area contributed by atoms with E-state index in [2.05, 4.69) is 36.2 Å². The Hall–Kier alpha value is -3.21. The second kappa shape index (κ2) is 10.4. The summed E-state index contributed by atoms with van der Waals surface area (Å²) in [5, 5.41) is 3.23. The molecule has 2 N–H and O–H groups in total. The number of carbonyl (C=O) groups excluding carboxylic acids is 2. The third-order valence-electron chi connectivity index (χ3n) is 6.09. The molecule has 0 spiro atoms. The zero-order valence-corrected chi connectivity index (χ0v) is 21.0. The summed E-state index contributed by atoms with van der Waals surface area (Å²) in [6.45, 7) is 4.66. The number of aryl methyl sites for hydroxylation is 1. The number of amides is 1. The van der Waals surface area contributed by atoms with Gasteiger partial charge >= 0.3 is 5.97 Å². The number of hydrogen-bond acceptors (Lipinski definition) is 6. The molecule has 0 bridgehead atoms. The SMILES string of the molecule is CCC(C(=O)N1CCN/C1=N/c1ccc2[nH]cnc2c1Br)C(COC(C)=O)Cc1cncn1C. The first kappa shape index (κ1) is 23.9. The minimum Gasteiger partial charge on any atom is -0.466 e. The molecule has 11 heteroatoms. The first-order chi connectivity index (χ1) is 16.4. The van der Waals surface area contributed by atoms with E-state index < -0.39 is 0 Å². The van der Waals surface area contributed by atoms with Gasteiger partial charge in [-0.15, -0.1) is 0 Å². The van der Waals surface area contributed by atoms with Crippen LogP contribution in [0.2, 0.25) is 0 Å². The fraction of sp³-hybridized carbons (Fsp3) is 0.435. The van der Waals surface area contributed by atoms with Gasteiger partial charge in [-0.25, -0.2) is 15.0 Å². The molecule has 1 aromatic carbocycles. The molecule has 1 amide bonds. The van der Waals surface area contributed by atoms with Crippen LogP contribution in [0.25, 0.3) is 11.0 Å². The van der Waals surface area contributed by atoms with Crippen LogP contribution in [0.5, 0.6) is 0 Å². The number of carbonyl (C=O) groups is 2. The Labute approximate surface area is 205 Å². The molecule has 3 aromatic rings. The van der Waals surface area contributed by atoms with Crippen molar-refractivity contribution >= 4 is 50.5 Å². The number of nitrogens with zero attached hydrogens (tertiary/aromatic N) is 5. The Morgan fingerprint density at radius 2 is 2.18 bits per heavy atom. The van der Waals surface area contributed by atoms with Gasteiger partial charge in [0.05, 0.1) is 34.9 Å². The topological polar surface area (TPSA) is 118 Å². The summed E-state index contributed by atoms with van der Waals surface area (Å²) in [6.07, 6.45) is 6.32. The summed E-state index contributed by atoms with van der Waals surface area (Å²) in [7, 11) is 1.91. The van der Waals surface area contributed by atoms with E-state index in [4.69, 9.17) is 9.73 Å². The molecule has 0 saturated carbocycles. The van der Waals surface area contributed by atoms with Crippen molar-refractivity contribution in [1.82, 2.24) is 29.7 Å². The molecule has 3 heterocycles. The number of aromatic amines is 1. The number of ether oxygens (including phenoxy) is 1. The van der Waals surface area contributed by atoms with Gasteiger partial charge < -0.3 is 19.6 Å². The largest absolute Gasteiger partial charge is 0.466 e. The van der Waals surface area contributed by atoms with Gasteiger partial charge in [0.1, 0.15) is 5.52 Å². The van der Waals surface area contributed by atoms with Crippen LogP contribution in [0.4, 0.5) is 5.69 Å². The highest BCUT2D eigenvalue weighted by atomic mass is 79.9.